The van der Waals surface area contributed by atoms with Gasteiger partial charge in [-0.05, 0) is 71.4 Å². The van der Waals surface area contributed by atoms with Gasteiger partial charge in [-0.2, -0.15) is 0 Å². The Bertz CT molecular complexity index is 322. The van der Waals surface area contributed by atoms with Crippen LogP contribution in [0.3, 0.4) is 0 Å². The minimum Gasteiger partial charge on any atom is -0.372 e. The van der Waals surface area contributed by atoms with E-state index in [1.807, 2.05) is 0 Å². The smallest absolute Gasteiger partial charge is 0.0707 e. The molecule has 2 unspecified atom stereocenters. The molecule has 0 aromatic carbocycles. The largest absolute Gasteiger partial charge is 0.372 e. The molecule has 2 rings (SSSR count). The molecule has 2 aliphatic heterocycles. The Morgan fingerprint density at radius 3 is 2.52 bits per heavy atom. The van der Waals surface area contributed by atoms with E-state index in [0.29, 0.717) is 17.6 Å². The van der Waals surface area contributed by atoms with E-state index in [-0.39, 0.29) is 5.54 Å². The highest BCUT2D eigenvalue weighted by Crippen LogP contribution is 2.30. The monoisotopic (exact) mass is 296 g/mol. The van der Waals surface area contributed by atoms with Crippen LogP contribution in [-0.2, 0) is 4.74 Å². The Labute approximate surface area is 131 Å². The van der Waals surface area contributed by atoms with Crippen molar-refractivity contribution in [2.75, 3.05) is 26.2 Å². The molecule has 0 bridgehead atoms. The van der Waals surface area contributed by atoms with E-state index in [1.54, 1.807) is 0 Å². The first-order chi connectivity index (χ1) is 9.73. The quantitative estimate of drug-likeness (QED) is 0.860. The zero-order valence-corrected chi connectivity index (χ0v) is 14.9. The van der Waals surface area contributed by atoms with Crippen LogP contribution in [-0.4, -0.2) is 48.8 Å². The fourth-order valence-corrected chi connectivity index (χ4v) is 3.43. The number of likely N-dealkylation sites (tertiary alicyclic amines) is 1. The highest BCUT2D eigenvalue weighted by atomic mass is 16.5. The Morgan fingerprint density at radius 1 is 1.10 bits per heavy atom. The predicted molar refractivity (Wildman–Crippen MR) is 89.7 cm³/mol. The summed E-state index contributed by atoms with van der Waals surface area (Å²) in [5.74, 6) is 0. The molecular formula is C18H36N2O. The predicted octanol–water partition coefficient (Wildman–Crippen LogP) is 3.43. The first-order valence-electron chi connectivity index (χ1n) is 8.86. The maximum absolute atomic E-state index is 6.25. The second-order valence-corrected chi connectivity index (χ2v) is 8.91. The highest BCUT2D eigenvalue weighted by molar-refractivity contribution is 4.83. The second-order valence-electron chi connectivity index (χ2n) is 8.91. The molecule has 0 aromatic heterocycles. The first kappa shape index (κ1) is 17.2. The van der Waals surface area contributed by atoms with E-state index in [9.17, 15) is 0 Å². The van der Waals surface area contributed by atoms with Crippen LogP contribution in [0.5, 0.6) is 0 Å². The average molecular weight is 296 g/mol. The van der Waals surface area contributed by atoms with Crippen LogP contribution in [0.1, 0.15) is 66.7 Å². The van der Waals surface area contributed by atoms with Gasteiger partial charge in [0.15, 0.2) is 0 Å². The molecule has 1 N–H and O–H groups in total. The third kappa shape index (κ3) is 6.25. The minimum absolute atomic E-state index is 0.192. The van der Waals surface area contributed by atoms with Crippen LogP contribution in [0.25, 0.3) is 0 Å². The summed E-state index contributed by atoms with van der Waals surface area (Å²) in [6.45, 7) is 16.1. The Hall–Kier alpha value is -0.120. The van der Waals surface area contributed by atoms with E-state index >= 15 is 0 Å². The molecule has 0 spiro atoms. The van der Waals surface area contributed by atoms with Crippen LogP contribution in [0.4, 0.5) is 0 Å². The second kappa shape index (κ2) is 6.97. The van der Waals surface area contributed by atoms with Gasteiger partial charge >= 0.3 is 0 Å². The highest BCUT2D eigenvalue weighted by Gasteiger charge is 2.29. The number of nitrogens with zero attached hydrogens (tertiary/aromatic N) is 1. The molecule has 0 amide bonds. The SMILES string of the molecule is CC1(C)CCCN(CC2CCC(CNC(C)(C)C)O2)CC1. The molecule has 2 aliphatic rings. The summed E-state index contributed by atoms with van der Waals surface area (Å²) in [6, 6.07) is 0. The third-order valence-corrected chi connectivity index (χ3v) is 4.95. The summed E-state index contributed by atoms with van der Waals surface area (Å²) >= 11 is 0. The summed E-state index contributed by atoms with van der Waals surface area (Å²) in [5.41, 5.74) is 0.724. The van der Waals surface area contributed by atoms with Gasteiger partial charge in [-0.3, -0.25) is 0 Å². The summed E-state index contributed by atoms with van der Waals surface area (Å²) in [7, 11) is 0. The molecular weight excluding hydrogens is 260 g/mol. The number of hydrogen-bond acceptors (Lipinski definition) is 3. The van der Waals surface area contributed by atoms with Crippen LogP contribution in [0.2, 0.25) is 0 Å². The molecule has 2 fully saturated rings. The molecule has 124 valence electrons. The number of hydrogen-bond donors (Lipinski definition) is 1. The lowest BCUT2D eigenvalue weighted by atomic mass is 9.85. The van der Waals surface area contributed by atoms with Crippen molar-refractivity contribution < 1.29 is 4.74 Å². The maximum Gasteiger partial charge on any atom is 0.0707 e. The van der Waals surface area contributed by atoms with E-state index in [2.05, 4.69) is 44.8 Å². The van der Waals surface area contributed by atoms with Crippen molar-refractivity contribution in [2.45, 2.75) is 84.5 Å². The zero-order chi connectivity index (χ0) is 15.5. The molecule has 3 nitrogen and oxygen atoms in total. The topological polar surface area (TPSA) is 24.5 Å². The van der Waals surface area contributed by atoms with Crippen molar-refractivity contribution in [1.82, 2.24) is 10.2 Å². The van der Waals surface area contributed by atoms with Gasteiger partial charge in [0, 0.05) is 18.6 Å². The lowest BCUT2D eigenvalue weighted by Crippen LogP contribution is -2.41. The standard InChI is InChI=1S/C18H36N2O/c1-17(2,3)19-13-15-7-8-16(21-15)14-20-11-6-9-18(4,5)10-12-20/h15-16,19H,6-14H2,1-5H3. The van der Waals surface area contributed by atoms with Gasteiger partial charge in [0.1, 0.15) is 0 Å². The van der Waals surface area contributed by atoms with Crippen molar-refractivity contribution in [3.05, 3.63) is 0 Å². The summed E-state index contributed by atoms with van der Waals surface area (Å²) in [5, 5.41) is 3.57. The van der Waals surface area contributed by atoms with Crippen molar-refractivity contribution in [2.24, 2.45) is 5.41 Å². The third-order valence-electron chi connectivity index (χ3n) is 4.95. The lowest BCUT2D eigenvalue weighted by Gasteiger charge is -2.26. The number of ether oxygens (including phenoxy) is 1. The fraction of sp³-hybridized carbons (Fsp3) is 1.00. The number of nitrogens with one attached hydrogen (secondary N) is 1. The maximum atomic E-state index is 6.25. The van der Waals surface area contributed by atoms with Crippen molar-refractivity contribution in [3.63, 3.8) is 0 Å². The lowest BCUT2D eigenvalue weighted by molar-refractivity contribution is 0.0210. The van der Waals surface area contributed by atoms with Crippen molar-refractivity contribution >= 4 is 0 Å². The Morgan fingerprint density at radius 2 is 1.81 bits per heavy atom. The Kier molecular flexibility index (Phi) is 5.72. The van der Waals surface area contributed by atoms with Crippen molar-refractivity contribution in [3.8, 4) is 0 Å². The summed E-state index contributed by atoms with van der Waals surface area (Å²) < 4.78 is 6.25. The number of rotatable bonds is 4. The molecule has 2 heterocycles. The van der Waals surface area contributed by atoms with Gasteiger partial charge in [0.25, 0.3) is 0 Å². The first-order valence-corrected chi connectivity index (χ1v) is 8.86. The van der Waals surface area contributed by atoms with Crippen LogP contribution in [0.15, 0.2) is 0 Å². The fourth-order valence-electron chi connectivity index (χ4n) is 3.43. The molecule has 0 radical (unpaired) electrons. The molecule has 21 heavy (non-hydrogen) atoms. The van der Waals surface area contributed by atoms with Crippen molar-refractivity contribution in [1.29, 1.82) is 0 Å². The van der Waals surface area contributed by atoms with Gasteiger partial charge in [0.2, 0.25) is 0 Å². The molecule has 0 saturated carbocycles. The summed E-state index contributed by atoms with van der Waals surface area (Å²) in [6.07, 6.45) is 7.36. The molecule has 0 aliphatic carbocycles. The molecule has 0 aromatic rings. The van der Waals surface area contributed by atoms with Crippen LogP contribution >= 0.6 is 0 Å². The Balaban J connectivity index is 1.70. The van der Waals surface area contributed by atoms with E-state index < -0.39 is 0 Å². The summed E-state index contributed by atoms with van der Waals surface area (Å²) in [4.78, 5) is 2.64. The zero-order valence-electron chi connectivity index (χ0n) is 14.9. The molecule has 2 saturated heterocycles. The molecule has 3 heteroatoms. The van der Waals surface area contributed by atoms with Gasteiger partial charge < -0.3 is 15.0 Å². The van der Waals surface area contributed by atoms with E-state index in [4.69, 9.17) is 4.74 Å². The van der Waals surface area contributed by atoms with E-state index in [0.717, 1.165) is 13.1 Å². The van der Waals surface area contributed by atoms with Gasteiger partial charge in [-0.25, -0.2) is 0 Å². The van der Waals surface area contributed by atoms with Gasteiger partial charge in [-0.1, -0.05) is 13.8 Å². The molecule has 2 atom stereocenters. The normalized spacial score (nSPS) is 31.3. The van der Waals surface area contributed by atoms with Crippen LogP contribution in [0, 0.1) is 5.41 Å². The van der Waals surface area contributed by atoms with Gasteiger partial charge in [0.05, 0.1) is 12.2 Å². The van der Waals surface area contributed by atoms with Gasteiger partial charge in [-0.15, -0.1) is 0 Å². The van der Waals surface area contributed by atoms with Crippen LogP contribution < -0.4 is 5.32 Å². The average Bonchev–Trinajstić information content (AvgIpc) is 2.73. The minimum atomic E-state index is 0.192. The van der Waals surface area contributed by atoms with E-state index in [1.165, 1.54) is 45.2 Å².